The van der Waals surface area contributed by atoms with Gasteiger partial charge in [0, 0.05) is 4.43 Å². The van der Waals surface area contributed by atoms with E-state index in [1.54, 1.807) is 20.8 Å². The maximum Gasteiger partial charge on any atom is 0.323 e. The van der Waals surface area contributed by atoms with E-state index in [1.165, 1.54) is 11.1 Å². The van der Waals surface area contributed by atoms with Gasteiger partial charge in [-0.2, -0.15) is 0 Å². The Bertz CT molecular complexity index is 1420. The van der Waals surface area contributed by atoms with Gasteiger partial charge in [0.05, 0.1) is 13.2 Å². The highest BCUT2D eigenvalue weighted by Crippen LogP contribution is 2.29. The number of benzene rings is 4. The van der Waals surface area contributed by atoms with Crippen LogP contribution in [0.15, 0.2) is 109 Å². The SMILES string of the molecule is CCOC(=O)C(C)(CCc1cccc(OCc2ccccc2)c1)C(=O)OCC.ICCc1cccc(OCc2ccccc2)c1. The third-order valence-corrected chi connectivity index (χ3v) is 7.58. The fraction of sp³-hybridized carbons (Fsp3) is 0.316. The zero-order chi connectivity index (χ0) is 32.3. The number of hydrogen-bond donors (Lipinski definition) is 0. The van der Waals surface area contributed by atoms with E-state index < -0.39 is 17.4 Å². The van der Waals surface area contributed by atoms with Gasteiger partial charge in [0.2, 0.25) is 0 Å². The van der Waals surface area contributed by atoms with Crippen molar-refractivity contribution in [1.29, 1.82) is 0 Å². The van der Waals surface area contributed by atoms with Crippen molar-refractivity contribution in [1.82, 2.24) is 0 Å². The maximum atomic E-state index is 12.4. The van der Waals surface area contributed by atoms with Crippen LogP contribution in [-0.2, 0) is 45.1 Å². The summed E-state index contributed by atoms with van der Waals surface area (Å²) < 4.78 is 23.0. The van der Waals surface area contributed by atoms with Crippen LogP contribution in [0.25, 0.3) is 0 Å². The van der Waals surface area contributed by atoms with Gasteiger partial charge in [-0.25, -0.2) is 0 Å². The van der Waals surface area contributed by atoms with E-state index in [-0.39, 0.29) is 13.2 Å². The van der Waals surface area contributed by atoms with Crippen molar-refractivity contribution in [3.63, 3.8) is 0 Å². The molecule has 0 aliphatic carbocycles. The van der Waals surface area contributed by atoms with Crippen molar-refractivity contribution in [2.45, 2.75) is 53.2 Å². The summed E-state index contributed by atoms with van der Waals surface area (Å²) in [6.07, 6.45) is 1.92. The van der Waals surface area contributed by atoms with Gasteiger partial charge in [-0.05, 0) is 86.6 Å². The van der Waals surface area contributed by atoms with E-state index in [1.807, 2.05) is 78.9 Å². The molecule has 4 aromatic carbocycles. The summed E-state index contributed by atoms with van der Waals surface area (Å²) in [5.74, 6) is 0.599. The van der Waals surface area contributed by atoms with E-state index in [0.29, 0.717) is 26.1 Å². The zero-order valence-corrected chi connectivity index (χ0v) is 28.5. The average Bonchev–Trinajstić information content (AvgIpc) is 3.07. The van der Waals surface area contributed by atoms with Crippen LogP contribution in [0, 0.1) is 5.41 Å². The first-order valence-corrected chi connectivity index (χ1v) is 16.8. The lowest BCUT2D eigenvalue weighted by molar-refractivity contribution is -0.171. The lowest BCUT2D eigenvalue weighted by Crippen LogP contribution is -2.40. The number of hydrogen-bond acceptors (Lipinski definition) is 6. The number of alkyl halides is 1. The van der Waals surface area contributed by atoms with Gasteiger partial charge in [-0.1, -0.05) is 108 Å². The van der Waals surface area contributed by atoms with Crippen molar-refractivity contribution in [3.05, 3.63) is 131 Å². The molecule has 0 aromatic heterocycles. The molecule has 45 heavy (non-hydrogen) atoms. The summed E-state index contributed by atoms with van der Waals surface area (Å²) >= 11 is 2.39. The van der Waals surface area contributed by atoms with Gasteiger partial charge >= 0.3 is 11.9 Å². The molecule has 0 aliphatic rings. The number of carbonyl (C=O) groups excluding carboxylic acids is 2. The minimum atomic E-state index is -1.33. The average molecular weight is 723 g/mol. The number of aryl methyl sites for hydroxylation is 2. The lowest BCUT2D eigenvalue weighted by Gasteiger charge is -2.25. The zero-order valence-electron chi connectivity index (χ0n) is 26.4. The van der Waals surface area contributed by atoms with E-state index >= 15 is 0 Å². The molecule has 0 amide bonds. The molecule has 0 aliphatic heterocycles. The fourth-order valence-corrected chi connectivity index (χ4v) is 5.06. The highest BCUT2D eigenvalue weighted by Gasteiger charge is 2.43. The Labute approximate surface area is 281 Å². The van der Waals surface area contributed by atoms with Gasteiger partial charge in [0.15, 0.2) is 5.41 Å². The largest absolute Gasteiger partial charge is 0.489 e. The van der Waals surface area contributed by atoms with Crippen LogP contribution in [0.2, 0.25) is 0 Å². The van der Waals surface area contributed by atoms with Crippen LogP contribution in [0.1, 0.15) is 49.4 Å². The van der Waals surface area contributed by atoms with Crippen LogP contribution < -0.4 is 9.47 Å². The predicted molar refractivity (Wildman–Crippen MR) is 187 cm³/mol. The first-order chi connectivity index (χ1) is 21.9. The van der Waals surface area contributed by atoms with Crippen molar-refractivity contribution >= 4 is 34.5 Å². The number of ether oxygens (including phenoxy) is 4. The second-order valence-electron chi connectivity index (χ2n) is 10.6. The molecule has 7 heteroatoms. The summed E-state index contributed by atoms with van der Waals surface area (Å²) in [5.41, 5.74) is 3.28. The number of carbonyl (C=O) groups is 2. The number of esters is 2. The van der Waals surface area contributed by atoms with Crippen molar-refractivity contribution < 1.29 is 28.5 Å². The topological polar surface area (TPSA) is 71.1 Å². The second-order valence-corrected chi connectivity index (χ2v) is 11.6. The molecule has 238 valence electrons. The Morgan fingerprint density at radius 3 is 1.44 bits per heavy atom. The lowest BCUT2D eigenvalue weighted by atomic mass is 9.84. The first kappa shape index (κ1) is 35.6. The molecule has 0 radical (unpaired) electrons. The van der Waals surface area contributed by atoms with Crippen LogP contribution in [-0.4, -0.2) is 29.6 Å². The molecular weight excluding hydrogens is 679 g/mol. The summed E-state index contributed by atoms with van der Waals surface area (Å²) in [6, 6.07) is 36.2. The maximum absolute atomic E-state index is 12.4. The van der Waals surface area contributed by atoms with Gasteiger partial charge in [-0.15, -0.1) is 0 Å². The Morgan fingerprint density at radius 2 is 1.02 bits per heavy atom. The Morgan fingerprint density at radius 1 is 0.600 bits per heavy atom. The van der Waals surface area contributed by atoms with Crippen molar-refractivity contribution in [3.8, 4) is 11.5 Å². The summed E-state index contributed by atoms with van der Waals surface area (Å²) in [7, 11) is 0. The predicted octanol–water partition coefficient (Wildman–Crippen LogP) is 8.57. The van der Waals surface area contributed by atoms with E-state index in [0.717, 1.165) is 33.5 Å². The standard InChI is InChI=1S/C23H28O5.C15H15IO/c1-4-26-21(24)23(3,22(25)27-5-2)15-14-18-12-9-13-20(16-18)28-17-19-10-7-6-8-11-19;16-10-9-13-7-4-8-15(11-13)17-12-14-5-2-1-3-6-14/h6-13,16H,4-5,14-15,17H2,1-3H3;1-8,11H,9-10,12H2. The highest BCUT2D eigenvalue weighted by molar-refractivity contribution is 14.1. The molecule has 0 fully saturated rings. The van der Waals surface area contributed by atoms with E-state index in [2.05, 4.69) is 52.9 Å². The third kappa shape index (κ3) is 12.2. The van der Waals surface area contributed by atoms with Gasteiger partial charge < -0.3 is 18.9 Å². The van der Waals surface area contributed by atoms with Gasteiger partial charge in [0.25, 0.3) is 0 Å². The van der Waals surface area contributed by atoms with Gasteiger partial charge in [0.1, 0.15) is 24.7 Å². The fourth-order valence-electron chi connectivity index (χ4n) is 4.44. The smallest absolute Gasteiger partial charge is 0.323 e. The Kier molecular flexibility index (Phi) is 15.5. The minimum Gasteiger partial charge on any atom is -0.489 e. The highest BCUT2D eigenvalue weighted by atomic mass is 127. The van der Waals surface area contributed by atoms with E-state index in [9.17, 15) is 9.59 Å². The molecule has 0 bridgehead atoms. The molecule has 6 nitrogen and oxygen atoms in total. The van der Waals surface area contributed by atoms with Crippen molar-refractivity contribution in [2.75, 3.05) is 17.6 Å². The third-order valence-electron chi connectivity index (χ3n) is 7.04. The Hall–Kier alpha value is -3.85. The van der Waals surface area contributed by atoms with E-state index in [4.69, 9.17) is 18.9 Å². The molecule has 0 unspecified atom stereocenters. The molecule has 0 saturated heterocycles. The monoisotopic (exact) mass is 722 g/mol. The molecular formula is C38H43IO6. The quantitative estimate of drug-likeness (QED) is 0.0530. The molecule has 0 heterocycles. The summed E-state index contributed by atoms with van der Waals surface area (Å²) in [4.78, 5) is 24.8. The van der Waals surface area contributed by atoms with Crippen LogP contribution in [0.4, 0.5) is 0 Å². The first-order valence-electron chi connectivity index (χ1n) is 15.3. The molecule has 0 N–H and O–H groups in total. The summed E-state index contributed by atoms with van der Waals surface area (Å²) in [6.45, 7) is 6.57. The summed E-state index contributed by atoms with van der Waals surface area (Å²) in [5, 5.41) is 0. The molecule has 0 saturated carbocycles. The molecule has 0 spiro atoms. The molecule has 4 aromatic rings. The van der Waals surface area contributed by atoms with Crippen LogP contribution in [0.5, 0.6) is 11.5 Å². The minimum absolute atomic E-state index is 0.219. The van der Waals surface area contributed by atoms with Crippen molar-refractivity contribution in [2.24, 2.45) is 5.41 Å². The number of halogens is 1. The van der Waals surface area contributed by atoms with Gasteiger partial charge in [-0.3, -0.25) is 9.59 Å². The van der Waals surface area contributed by atoms with Crippen LogP contribution >= 0.6 is 22.6 Å². The normalized spacial score (nSPS) is 10.7. The number of rotatable bonds is 15. The second kappa shape index (κ2) is 19.5. The Balaban J connectivity index is 0.000000276. The van der Waals surface area contributed by atoms with Crippen LogP contribution in [0.3, 0.4) is 0 Å². The molecule has 0 atom stereocenters. The molecule has 4 rings (SSSR count).